The van der Waals surface area contributed by atoms with Gasteiger partial charge < -0.3 is 9.64 Å². The van der Waals surface area contributed by atoms with Crippen LogP contribution in [0.1, 0.15) is 31.2 Å². The van der Waals surface area contributed by atoms with Crippen LogP contribution < -0.4 is 4.74 Å². The Labute approximate surface area is 140 Å². The smallest absolute Gasteiger partial charge is 0.282 e. The van der Waals surface area contributed by atoms with Crippen LogP contribution in [0.5, 0.6) is 5.75 Å². The number of ether oxygens (including phenoxy) is 1. The Hall–Kier alpha value is -1.75. The number of allylic oxidation sites excluding steroid dienone is 1. The molecule has 122 valence electrons. The topological polar surface area (TPSA) is 46.6 Å². The lowest BCUT2D eigenvalue weighted by molar-refractivity contribution is -0.119. The fourth-order valence-electron chi connectivity index (χ4n) is 3.05. The Morgan fingerprint density at radius 3 is 2.74 bits per heavy atom. The molecule has 1 aromatic carbocycles. The first-order valence-corrected chi connectivity index (χ1v) is 8.97. The van der Waals surface area contributed by atoms with E-state index in [1.807, 2.05) is 24.3 Å². The van der Waals surface area contributed by atoms with E-state index >= 15 is 0 Å². The van der Waals surface area contributed by atoms with Gasteiger partial charge in [0.05, 0.1) is 7.11 Å². The summed E-state index contributed by atoms with van der Waals surface area (Å²) in [6, 6.07) is 7.32. The average Bonchev–Trinajstić information content (AvgIpc) is 2.96. The highest BCUT2D eigenvalue weighted by Gasteiger charge is 2.37. The normalized spacial score (nSPS) is 21.3. The number of amides is 1. The molecule has 5 heteroatoms. The van der Waals surface area contributed by atoms with Gasteiger partial charge in [-0.05, 0) is 49.0 Å². The number of benzene rings is 1. The highest BCUT2D eigenvalue weighted by molar-refractivity contribution is 8.13. The molecule has 1 aliphatic heterocycles. The molecule has 0 N–H and O–H groups in total. The summed E-state index contributed by atoms with van der Waals surface area (Å²) >= 11 is 1.25. The molecule has 0 saturated carbocycles. The van der Waals surface area contributed by atoms with Crippen molar-refractivity contribution in [2.24, 2.45) is 0 Å². The molecule has 1 saturated heterocycles. The third kappa shape index (κ3) is 3.61. The van der Waals surface area contributed by atoms with Crippen molar-refractivity contribution in [3.05, 3.63) is 41.5 Å². The lowest BCUT2D eigenvalue weighted by Crippen LogP contribution is -2.39. The first kappa shape index (κ1) is 16.1. The molecule has 1 heterocycles. The molecule has 1 amide bonds. The molecule has 1 fully saturated rings. The van der Waals surface area contributed by atoms with Crippen LogP contribution in [-0.4, -0.2) is 34.8 Å². The van der Waals surface area contributed by atoms with Crippen LogP contribution in [0.3, 0.4) is 0 Å². The van der Waals surface area contributed by atoms with Crippen LogP contribution in [-0.2, 0) is 11.3 Å². The second-order valence-corrected chi connectivity index (χ2v) is 6.88. The van der Waals surface area contributed by atoms with Gasteiger partial charge in [-0.2, -0.15) is 0 Å². The lowest BCUT2D eigenvalue weighted by Gasteiger charge is -2.24. The highest BCUT2D eigenvalue weighted by atomic mass is 32.2. The predicted molar refractivity (Wildman–Crippen MR) is 91.7 cm³/mol. The van der Waals surface area contributed by atoms with Gasteiger partial charge >= 0.3 is 0 Å². The molecule has 23 heavy (non-hydrogen) atoms. The maximum absolute atomic E-state index is 12.8. The number of hydrogen-bond acceptors (Lipinski definition) is 4. The summed E-state index contributed by atoms with van der Waals surface area (Å²) in [5.41, 5.74) is 1.92. The number of hydrogen-bond donors (Lipinski definition) is 0. The third-order valence-electron chi connectivity index (χ3n) is 4.40. The van der Waals surface area contributed by atoms with E-state index in [-0.39, 0.29) is 17.1 Å². The zero-order chi connectivity index (χ0) is 16.2. The molecular weight excluding hydrogens is 310 g/mol. The maximum atomic E-state index is 12.8. The van der Waals surface area contributed by atoms with Gasteiger partial charge in [-0.25, -0.2) is 0 Å². The molecular formula is C18H21NO3S. The number of carbonyl (C=O) groups is 2. The molecule has 0 radical (unpaired) electrons. The van der Waals surface area contributed by atoms with Crippen LogP contribution >= 0.6 is 11.8 Å². The number of ketones is 1. The molecule has 0 aromatic heterocycles. The zero-order valence-corrected chi connectivity index (χ0v) is 14.1. The SMILES string of the molecule is COc1ccc(CN2C(=O)SC[C@H]2C(=O)C2=CCCCC2)cc1. The fourth-order valence-corrected chi connectivity index (χ4v) is 4.04. The van der Waals surface area contributed by atoms with Crippen molar-refractivity contribution in [1.82, 2.24) is 4.90 Å². The van der Waals surface area contributed by atoms with Crippen LogP contribution in [0.4, 0.5) is 4.79 Å². The van der Waals surface area contributed by atoms with Crippen molar-refractivity contribution in [3.8, 4) is 5.75 Å². The van der Waals surface area contributed by atoms with E-state index in [0.29, 0.717) is 12.3 Å². The fraction of sp³-hybridized carbons (Fsp3) is 0.444. The lowest BCUT2D eigenvalue weighted by atomic mass is 9.93. The maximum Gasteiger partial charge on any atom is 0.282 e. The van der Waals surface area contributed by atoms with Crippen LogP contribution in [0.15, 0.2) is 35.9 Å². The average molecular weight is 331 g/mol. The summed E-state index contributed by atoms with van der Waals surface area (Å²) in [5, 5.41) is -0.00409. The van der Waals surface area contributed by atoms with Crippen molar-refractivity contribution >= 4 is 22.8 Å². The van der Waals surface area contributed by atoms with Gasteiger partial charge in [0.25, 0.3) is 5.24 Å². The first-order valence-electron chi connectivity index (χ1n) is 7.98. The van der Waals surface area contributed by atoms with Crippen molar-refractivity contribution in [2.45, 2.75) is 38.3 Å². The highest BCUT2D eigenvalue weighted by Crippen LogP contribution is 2.30. The molecule has 1 atom stereocenters. The molecule has 3 rings (SSSR count). The second kappa shape index (κ2) is 7.21. The Kier molecular flexibility index (Phi) is 5.06. The van der Waals surface area contributed by atoms with Crippen molar-refractivity contribution in [2.75, 3.05) is 12.9 Å². The van der Waals surface area contributed by atoms with E-state index in [0.717, 1.165) is 42.6 Å². The molecule has 1 aliphatic carbocycles. The van der Waals surface area contributed by atoms with Crippen LogP contribution in [0, 0.1) is 0 Å². The van der Waals surface area contributed by atoms with Gasteiger partial charge in [0.1, 0.15) is 11.8 Å². The van der Waals surface area contributed by atoms with Crippen molar-refractivity contribution < 1.29 is 14.3 Å². The summed E-state index contributed by atoms with van der Waals surface area (Å²) in [4.78, 5) is 26.7. The Bertz CT molecular complexity index is 624. The largest absolute Gasteiger partial charge is 0.497 e. The Morgan fingerprint density at radius 2 is 2.09 bits per heavy atom. The summed E-state index contributed by atoms with van der Waals surface area (Å²) in [6.45, 7) is 0.472. The number of nitrogens with zero attached hydrogens (tertiary/aromatic N) is 1. The van der Waals surface area contributed by atoms with Crippen molar-refractivity contribution in [1.29, 1.82) is 0 Å². The minimum Gasteiger partial charge on any atom is -0.497 e. The van der Waals surface area contributed by atoms with Gasteiger partial charge in [-0.15, -0.1) is 0 Å². The Morgan fingerprint density at radius 1 is 1.30 bits per heavy atom. The quantitative estimate of drug-likeness (QED) is 0.823. The van der Waals surface area contributed by atoms with E-state index in [2.05, 4.69) is 6.08 Å². The summed E-state index contributed by atoms with van der Waals surface area (Å²) in [7, 11) is 1.63. The van der Waals surface area contributed by atoms with E-state index in [1.165, 1.54) is 11.8 Å². The number of methoxy groups -OCH3 is 1. The minimum absolute atomic E-state index is 0.00409. The van der Waals surface area contributed by atoms with E-state index in [4.69, 9.17) is 4.74 Å². The molecule has 4 nitrogen and oxygen atoms in total. The third-order valence-corrected chi connectivity index (χ3v) is 5.36. The van der Waals surface area contributed by atoms with Gasteiger partial charge in [0.2, 0.25) is 0 Å². The molecule has 1 aromatic rings. The Balaban J connectivity index is 1.73. The van der Waals surface area contributed by atoms with Gasteiger partial charge in [0.15, 0.2) is 5.78 Å². The van der Waals surface area contributed by atoms with E-state index in [9.17, 15) is 9.59 Å². The zero-order valence-electron chi connectivity index (χ0n) is 13.3. The number of thioether (sulfide) groups is 1. The molecule has 0 unspecified atom stereocenters. The summed E-state index contributed by atoms with van der Waals surface area (Å²) < 4.78 is 5.15. The molecule has 2 aliphatic rings. The predicted octanol–water partition coefficient (Wildman–Crippen LogP) is 3.80. The summed E-state index contributed by atoms with van der Waals surface area (Å²) in [5.74, 6) is 1.48. The van der Waals surface area contributed by atoms with Gasteiger partial charge in [-0.3, -0.25) is 9.59 Å². The number of Topliss-reactive ketones (excluding diaryl/α,β-unsaturated/α-hetero) is 1. The summed E-state index contributed by atoms with van der Waals surface area (Å²) in [6.07, 6.45) is 6.12. The minimum atomic E-state index is -0.320. The monoisotopic (exact) mass is 331 g/mol. The van der Waals surface area contributed by atoms with Crippen LogP contribution in [0.2, 0.25) is 0 Å². The number of carbonyl (C=O) groups excluding carboxylic acids is 2. The number of rotatable bonds is 5. The second-order valence-electron chi connectivity index (χ2n) is 5.91. The van der Waals surface area contributed by atoms with Crippen molar-refractivity contribution in [3.63, 3.8) is 0 Å². The molecule has 0 bridgehead atoms. The first-order chi connectivity index (χ1) is 11.2. The van der Waals surface area contributed by atoms with E-state index < -0.39 is 0 Å². The molecule has 0 spiro atoms. The van der Waals surface area contributed by atoms with Crippen LogP contribution in [0.25, 0.3) is 0 Å². The standard InChI is InChI=1S/C18H21NO3S/c1-22-15-9-7-13(8-10-15)11-19-16(12-23-18(19)21)17(20)14-5-3-2-4-6-14/h5,7-10,16H,2-4,6,11-12H2,1H3/t16-/m0/s1. The van der Waals surface area contributed by atoms with Gasteiger partial charge in [0, 0.05) is 12.3 Å². The van der Waals surface area contributed by atoms with E-state index in [1.54, 1.807) is 12.0 Å². The van der Waals surface area contributed by atoms with Gasteiger partial charge in [-0.1, -0.05) is 30.0 Å².